The Labute approximate surface area is 175 Å². The quantitative estimate of drug-likeness (QED) is 0.380. The zero-order chi connectivity index (χ0) is 18.3. The molecule has 1 saturated heterocycles. The minimum absolute atomic E-state index is 0. The number of guanidine groups is 1. The molecule has 1 aromatic carbocycles. The van der Waals surface area contributed by atoms with E-state index in [0.717, 1.165) is 32.0 Å². The van der Waals surface area contributed by atoms with Gasteiger partial charge in [-0.1, -0.05) is 51.1 Å². The van der Waals surface area contributed by atoms with Gasteiger partial charge < -0.3 is 15.5 Å². The molecule has 6 heteroatoms. The Morgan fingerprint density at radius 2 is 1.96 bits per heavy atom. The van der Waals surface area contributed by atoms with Crippen LogP contribution in [-0.4, -0.2) is 49.0 Å². The van der Waals surface area contributed by atoms with Crippen LogP contribution in [0.4, 0.5) is 0 Å². The molecule has 0 aliphatic carbocycles. The lowest BCUT2D eigenvalue weighted by atomic mass is 9.85. The number of hydrogen-bond acceptors (Lipinski definition) is 2. The van der Waals surface area contributed by atoms with Crippen LogP contribution in [0.5, 0.6) is 0 Å². The van der Waals surface area contributed by atoms with Gasteiger partial charge in [-0.3, -0.25) is 9.79 Å². The molecular weight excluding hydrogens is 439 g/mol. The van der Waals surface area contributed by atoms with Crippen molar-refractivity contribution in [3.8, 4) is 0 Å². The van der Waals surface area contributed by atoms with E-state index < -0.39 is 0 Å². The second-order valence-electron chi connectivity index (χ2n) is 7.27. The average molecular weight is 472 g/mol. The SMILES string of the molecule is CCNC(=NCC(C)(C)c1ccccc1)NC1CCN(C(=O)CC)C1.I. The number of benzene rings is 1. The van der Waals surface area contributed by atoms with Crippen LogP contribution in [0.15, 0.2) is 35.3 Å². The summed E-state index contributed by atoms with van der Waals surface area (Å²) in [6.45, 7) is 11.5. The molecule has 1 aliphatic rings. The molecule has 1 atom stereocenters. The number of hydrogen-bond donors (Lipinski definition) is 2. The van der Waals surface area contributed by atoms with Crippen LogP contribution >= 0.6 is 24.0 Å². The normalized spacial score (nSPS) is 17.6. The Hall–Kier alpha value is -1.31. The van der Waals surface area contributed by atoms with E-state index in [1.54, 1.807) is 0 Å². The summed E-state index contributed by atoms with van der Waals surface area (Å²) in [5, 5.41) is 6.82. The topological polar surface area (TPSA) is 56.7 Å². The van der Waals surface area contributed by atoms with E-state index in [4.69, 9.17) is 4.99 Å². The Balaban J connectivity index is 0.00000338. The molecule has 1 heterocycles. The fourth-order valence-electron chi connectivity index (χ4n) is 3.10. The number of halogens is 1. The van der Waals surface area contributed by atoms with Gasteiger partial charge in [-0.25, -0.2) is 0 Å². The van der Waals surface area contributed by atoms with Crippen molar-refractivity contribution in [1.82, 2.24) is 15.5 Å². The summed E-state index contributed by atoms with van der Waals surface area (Å²) in [6, 6.07) is 10.8. The van der Waals surface area contributed by atoms with E-state index in [1.165, 1.54) is 5.56 Å². The highest BCUT2D eigenvalue weighted by atomic mass is 127. The molecule has 2 N–H and O–H groups in total. The van der Waals surface area contributed by atoms with Crippen molar-refractivity contribution >= 4 is 35.8 Å². The summed E-state index contributed by atoms with van der Waals surface area (Å²) in [5.41, 5.74) is 1.26. The summed E-state index contributed by atoms with van der Waals surface area (Å²) in [6.07, 6.45) is 1.55. The molecule has 0 saturated carbocycles. The van der Waals surface area contributed by atoms with Gasteiger partial charge in [0.25, 0.3) is 0 Å². The smallest absolute Gasteiger partial charge is 0.222 e. The zero-order valence-electron chi connectivity index (χ0n) is 16.4. The van der Waals surface area contributed by atoms with E-state index in [-0.39, 0.29) is 41.3 Å². The highest BCUT2D eigenvalue weighted by molar-refractivity contribution is 14.0. The molecule has 0 radical (unpaired) electrons. The minimum atomic E-state index is -0.0243. The lowest BCUT2D eigenvalue weighted by molar-refractivity contribution is -0.129. The van der Waals surface area contributed by atoms with Crippen molar-refractivity contribution in [3.05, 3.63) is 35.9 Å². The van der Waals surface area contributed by atoms with Gasteiger partial charge in [-0.2, -0.15) is 0 Å². The number of aliphatic imine (C=N–C) groups is 1. The maximum Gasteiger partial charge on any atom is 0.222 e. The van der Waals surface area contributed by atoms with Crippen molar-refractivity contribution in [3.63, 3.8) is 0 Å². The molecule has 146 valence electrons. The number of carbonyl (C=O) groups is 1. The Bertz CT molecular complexity index is 589. The lowest BCUT2D eigenvalue weighted by Gasteiger charge is -2.24. The number of amides is 1. The van der Waals surface area contributed by atoms with E-state index in [9.17, 15) is 4.79 Å². The summed E-state index contributed by atoms with van der Waals surface area (Å²) >= 11 is 0. The van der Waals surface area contributed by atoms with Gasteiger partial charge in [-0.15, -0.1) is 24.0 Å². The van der Waals surface area contributed by atoms with Gasteiger partial charge in [0.2, 0.25) is 5.91 Å². The number of nitrogens with zero attached hydrogens (tertiary/aromatic N) is 2. The van der Waals surface area contributed by atoms with E-state index in [2.05, 4.69) is 55.7 Å². The number of carbonyl (C=O) groups excluding carboxylic acids is 1. The number of rotatable bonds is 6. The van der Waals surface area contributed by atoms with Crippen molar-refractivity contribution < 1.29 is 4.79 Å². The van der Waals surface area contributed by atoms with Crippen LogP contribution in [0.1, 0.15) is 46.1 Å². The summed E-state index contributed by atoms with van der Waals surface area (Å²) in [7, 11) is 0. The van der Waals surface area contributed by atoms with Crippen LogP contribution in [0, 0.1) is 0 Å². The number of nitrogens with one attached hydrogen (secondary N) is 2. The van der Waals surface area contributed by atoms with E-state index in [1.807, 2.05) is 17.9 Å². The maximum atomic E-state index is 11.8. The zero-order valence-corrected chi connectivity index (χ0v) is 18.7. The molecule has 0 aromatic heterocycles. The molecule has 26 heavy (non-hydrogen) atoms. The van der Waals surface area contributed by atoms with Crippen molar-refractivity contribution in [2.45, 2.75) is 52.0 Å². The van der Waals surface area contributed by atoms with Crippen LogP contribution in [0.2, 0.25) is 0 Å². The van der Waals surface area contributed by atoms with Crippen molar-refractivity contribution in [2.75, 3.05) is 26.2 Å². The third-order valence-electron chi connectivity index (χ3n) is 4.72. The maximum absolute atomic E-state index is 11.8. The van der Waals surface area contributed by atoms with Gasteiger partial charge >= 0.3 is 0 Å². The molecule has 0 bridgehead atoms. The lowest BCUT2D eigenvalue weighted by Crippen LogP contribution is -2.45. The Morgan fingerprint density at radius 1 is 1.27 bits per heavy atom. The average Bonchev–Trinajstić information content (AvgIpc) is 3.08. The summed E-state index contributed by atoms with van der Waals surface area (Å²) in [5.74, 6) is 1.07. The predicted molar refractivity (Wildman–Crippen MR) is 119 cm³/mol. The van der Waals surface area contributed by atoms with Gasteiger partial charge in [0.15, 0.2) is 5.96 Å². The first-order valence-corrected chi connectivity index (χ1v) is 9.34. The minimum Gasteiger partial charge on any atom is -0.357 e. The third kappa shape index (κ3) is 6.45. The van der Waals surface area contributed by atoms with Crippen LogP contribution in [-0.2, 0) is 10.2 Å². The highest BCUT2D eigenvalue weighted by Crippen LogP contribution is 2.23. The second kappa shape index (κ2) is 10.7. The predicted octanol–water partition coefficient (Wildman–Crippen LogP) is 3.15. The standard InChI is InChI=1S/C20H32N4O.HI/c1-5-18(25)24-13-12-17(14-24)23-19(21-6-2)22-15-20(3,4)16-10-8-7-9-11-16;/h7-11,17H,5-6,12-15H2,1-4H3,(H2,21,22,23);1H. The second-order valence-corrected chi connectivity index (χ2v) is 7.27. The first-order valence-electron chi connectivity index (χ1n) is 9.34. The van der Waals surface area contributed by atoms with Gasteiger partial charge in [0.05, 0.1) is 6.54 Å². The largest absolute Gasteiger partial charge is 0.357 e. The van der Waals surface area contributed by atoms with Crippen molar-refractivity contribution in [1.29, 1.82) is 0 Å². The molecule has 1 aromatic rings. The highest BCUT2D eigenvalue weighted by Gasteiger charge is 2.26. The van der Waals surface area contributed by atoms with Crippen LogP contribution < -0.4 is 10.6 Å². The Kier molecular flexibility index (Phi) is 9.39. The van der Waals surface area contributed by atoms with Gasteiger partial charge in [-0.05, 0) is 18.9 Å². The molecule has 1 fully saturated rings. The summed E-state index contributed by atoms with van der Waals surface area (Å²) in [4.78, 5) is 18.6. The fourth-order valence-corrected chi connectivity index (χ4v) is 3.10. The van der Waals surface area contributed by atoms with Gasteiger partial charge in [0, 0.05) is 37.5 Å². The first kappa shape index (κ1) is 22.7. The molecule has 5 nitrogen and oxygen atoms in total. The molecule has 1 unspecified atom stereocenters. The molecule has 2 rings (SSSR count). The van der Waals surface area contributed by atoms with Crippen LogP contribution in [0.3, 0.4) is 0 Å². The molecule has 0 spiro atoms. The molecular formula is C20H33IN4O. The van der Waals surface area contributed by atoms with Gasteiger partial charge in [0.1, 0.15) is 0 Å². The monoisotopic (exact) mass is 472 g/mol. The number of likely N-dealkylation sites (tertiary alicyclic amines) is 1. The van der Waals surface area contributed by atoms with E-state index >= 15 is 0 Å². The van der Waals surface area contributed by atoms with E-state index in [0.29, 0.717) is 13.0 Å². The fraction of sp³-hybridized carbons (Fsp3) is 0.600. The molecule has 1 amide bonds. The molecule has 1 aliphatic heterocycles. The Morgan fingerprint density at radius 3 is 2.58 bits per heavy atom. The first-order chi connectivity index (χ1) is 12.0. The van der Waals surface area contributed by atoms with Crippen molar-refractivity contribution in [2.24, 2.45) is 4.99 Å². The summed E-state index contributed by atoms with van der Waals surface area (Å²) < 4.78 is 0. The van der Waals surface area contributed by atoms with Crippen LogP contribution in [0.25, 0.3) is 0 Å². The third-order valence-corrected chi connectivity index (χ3v) is 4.72.